The van der Waals surface area contributed by atoms with E-state index < -0.39 is 0 Å². The quantitative estimate of drug-likeness (QED) is 0.641. The molecule has 1 heteroatoms. The Bertz CT molecular complexity index is 123. The summed E-state index contributed by atoms with van der Waals surface area (Å²) in [4.78, 5) is 0. The van der Waals surface area contributed by atoms with Crippen LogP contribution in [-0.2, 0) is 0 Å². The highest BCUT2D eigenvalue weighted by Crippen LogP contribution is 2.45. The van der Waals surface area contributed by atoms with E-state index in [9.17, 15) is 5.11 Å². The summed E-state index contributed by atoms with van der Waals surface area (Å²) in [5, 5.41) is 9.60. The molecule has 0 aromatic heterocycles. The van der Waals surface area contributed by atoms with E-state index in [0.717, 1.165) is 25.7 Å². The molecule has 10 heavy (non-hydrogen) atoms. The van der Waals surface area contributed by atoms with Crippen molar-refractivity contribution in [2.24, 2.45) is 5.41 Å². The largest absolute Gasteiger partial charge is 0.390 e. The third-order valence-corrected chi connectivity index (χ3v) is 2.59. The molecule has 1 fully saturated rings. The van der Waals surface area contributed by atoms with Gasteiger partial charge in [-0.2, -0.15) is 0 Å². The van der Waals surface area contributed by atoms with E-state index in [4.69, 9.17) is 0 Å². The Labute approximate surface area is 63.4 Å². The molecule has 0 aromatic carbocycles. The van der Waals surface area contributed by atoms with E-state index in [1.54, 1.807) is 0 Å². The fraction of sp³-hybridized carbons (Fsp3) is 1.00. The lowest BCUT2D eigenvalue weighted by atomic mass is 9.83. The topological polar surface area (TPSA) is 20.2 Å². The molecular formula is C9H18O. The van der Waals surface area contributed by atoms with E-state index in [2.05, 4.69) is 20.8 Å². The van der Waals surface area contributed by atoms with Crippen molar-refractivity contribution in [1.29, 1.82) is 0 Å². The highest BCUT2D eigenvalue weighted by atomic mass is 16.3. The Balaban J connectivity index is 2.36. The molecule has 0 spiro atoms. The molecule has 1 rings (SSSR count). The Morgan fingerprint density at radius 2 is 1.90 bits per heavy atom. The van der Waals surface area contributed by atoms with Gasteiger partial charge in [0.05, 0.1) is 5.60 Å². The molecule has 60 valence electrons. The summed E-state index contributed by atoms with van der Waals surface area (Å²) in [6.07, 6.45) is 4.19. The SMILES string of the molecule is CCC(C)(C)CC1(O)CC1. The molecule has 1 N–H and O–H groups in total. The summed E-state index contributed by atoms with van der Waals surface area (Å²) in [5.74, 6) is 0. The fourth-order valence-corrected chi connectivity index (χ4v) is 1.34. The molecule has 0 amide bonds. The molecule has 0 saturated heterocycles. The van der Waals surface area contributed by atoms with Crippen LogP contribution < -0.4 is 0 Å². The number of aliphatic hydroxyl groups is 1. The van der Waals surface area contributed by atoms with Crippen molar-refractivity contribution < 1.29 is 5.11 Å². The van der Waals surface area contributed by atoms with Crippen molar-refractivity contribution >= 4 is 0 Å². The first-order chi connectivity index (χ1) is 4.47. The van der Waals surface area contributed by atoms with Gasteiger partial charge in [-0.05, 0) is 24.7 Å². The first-order valence-corrected chi connectivity index (χ1v) is 4.20. The van der Waals surface area contributed by atoms with Gasteiger partial charge in [-0.15, -0.1) is 0 Å². The van der Waals surface area contributed by atoms with Crippen molar-refractivity contribution in [3.05, 3.63) is 0 Å². The normalized spacial score (nSPS) is 22.8. The van der Waals surface area contributed by atoms with Gasteiger partial charge in [0.25, 0.3) is 0 Å². The molecule has 1 nitrogen and oxygen atoms in total. The zero-order valence-electron chi connectivity index (χ0n) is 7.28. The van der Waals surface area contributed by atoms with Crippen LogP contribution in [0.25, 0.3) is 0 Å². The minimum absolute atomic E-state index is 0.264. The highest BCUT2D eigenvalue weighted by Gasteiger charge is 2.43. The minimum atomic E-state index is -0.264. The van der Waals surface area contributed by atoms with Crippen LogP contribution in [0.1, 0.15) is 46.5 Å². The van der Waals surface area contributed by atoms with E-state index in [0.29, 0.717) is 5.41 Å². The lowest BCUT2D eigenvalue weighted by Crippen LogP contribution is -2.20. The molecule has 0 aliphatic heterocycles. The van der Waals surface area contributed by atoms with Crippen LogP contribution in [0, 0.1) is 5.41 Å². The monoisotopic (exact) mass is 142 g/mol. The molecule has 0 radical (unpaired) electrons. The van der Waals surface area contributed by atoms with Crippen LogP contribution in [0.4, 0.5) is 0 Å². The van der Waals surface area contributed by atoms with Crippen LogP contribution in [0.3, 0.4) is 0 Å². The standard InChI is InChI=1S/C9H18O/c1-4-8(2,3)7-9(10)5-6-9/h10H,4-7H2,1-3H3. The summed E-state index contributed by atoms with van der Waals surface area (Å²) < 4.78 is 0. The van der Waals surface area contributed by atoms with Gasteiger partial charge < -0.3 is 5.11 Å². The number of hydrogen-bond donors (Lipinski definition) is 1. The van der Waals surface area contributed by atoms with Gasteiger partial charge in [0, 0.05) is 0 Å². The Hall–Kier alpha value is -0.0400. The lowest BCUT2D eigenvalue weighted by molar-refractivity contribution is 0.0894. The summed E-state index contributed by atoms with van der Waals surface area (Å²) in [6, 6.07) is 0. The molecular weight excluding hydrogens is 124 g/mol. The first-order valence-electron chi connectivity index (χ1n) is 4.20. The van der Waals surface area contributed by atoms with Crippen LogP contribution >= 0.6 is 0 Å². The zero-order chi connectivity index (χ0) is 7.83. The Kier molecular flexibility index (Phi) is 1.80. The predicted octanol–water partition coefficient (Wildman–Crippen LogP) is 2.34. The molecule has 1 saturated carbocycles. The van der Waals surface area contributed by atoms with Gasteiger partial charge in [0.1, 0.15) is 0 Å². The maximum absolute atomic E-state index is 9.60. The number of hydrogen-bond acceptors (Lipinski definition) is 1. The van der Waals surface area contributed by atoms with Gasteiger partial charge in [-0.3, -0.25) is 0 Å². The summed E-state index contributed by atoms with van der Waals surface area (Å²) >= 11 is 0. The van der Waals surface area contributed by atoms with Gasteiger partial charge in [-0.1, -0.05) is 27.2 Å². The Morgan fingerprint density at radius 3 is 2.20 bits per heavy atom. The average Bonchev–Trinajstić information content (AvgIpc) is 2.47. The van der Waals surface area contributed by atoms with Crippen LogP contribution in [0.2, 0.25) is 0 Å². The summed E-state index contributed by atoms with van der Waals surface area (Å²) in [5.41, 5.74) is 0.0742. The molecule has 0 aromatic rings. The van der Waals surface area contributed by atoms with Crippen LogP contribution in [0.15, 0.2) is 0 Å². The first kappa shape index (κ1) is 8.06. The van der Waals surface area contributed by atoms with Crippen LogP contribution in [0.5, 0.6) is 0 Å². The summed E-state index contributed by atoms with van der Waals surface area (Å²) in [7, 11) is 0. The number of rotatable bonds is 3. The van der Waals surface area contributed by atoms with E-state index in [-0.39, 0.29) is 5.60 Å². The second kappa shape index (κ2) is 2.23. The second-order valence-corrected chi connectivity index (χ2v) is 4.42. The van der Waals surface area contributed by atoms with Crippen LogP contribution in [-0.4, -0.2) is 10.7 Å². The van der Waals surface area contributed by atoms with Gasteiger partial charge in [-0.25, -0.2) is 0 Å². The average molecular weight is 142 g/mol. The van der Waals surface area contributed by atoms with E-state index in [1.165, 1.54) is 0 Å². The Morgan fingerprint density at radius 1 is 1.40 bits per heavy atom. The lowest BCUT2D eigenvalue weighted by Gasteiger charge is -2.25. The fourth-order valence-electron chi connectivity index (χ4n) is 1.34. The molecule has 0 bridgehead atoms. The molecule has 0 atom stereocenters. The van der Waals surface area contributed by atoms with Crippen molar-refractivity contribution in [3.8, 4) is 0 Å². The van der Waals surface area contributed by atoms with Crippen molar-refractivity contribution in [2.45, 2.75) is 52.1 Å². The minimum Gasteiger partial charge on any atom is -0.390 e. The van der Waals surface area contributed by atoms with Gasteiger partial charge in [0.2, 0.25) is 0 Å². The van der Waals surface area contributed by atoms with Crippen molar-refractivity contribution in [3.63, 3.8) is 0 Å². The molecule has 0 unspecified atom stereocenters. The molecule has 0 heterocycles. The smallest absolute Gasteiger partial charge is 0.0655 e. The maximum Gasteiger partial charge on any atom is 0.0655 e. The third-order valence-electron chi connectivity index (χ3n) is 2.59. The highest BCUT2D eigenvalue weighted by molar-refractivity contribution is 4.96. The van der Waals surface area contributed by atoms with Gasteiger partial charge in [0.15, 0.2) is 0 Å². The molecule has 1 aliphatic rings. The predicted molar refractivity (Wildman–Crippen MR) is 42.9 cm³/mol. The van der Waals surface area contributed by atoms with Crippen molar-refractivity contribution in [2.75, 3.05) is 0 Å². The molecule has 1 aliphatic carbocycles. The maximum atomic E-state index is 9.60. The summed E-state index contributed by atoms with van der Waals surface area (Å²) in [6.45, 7) is 6.64. The van der Waals surface area contributed by atoms with E-state index >= 15 is 0 Å². The van der Waals surface area contributed by atoms with E-state index in [1.807, 2.05) is 0 Å². The third kappa shape index (κ3) is 1.98. The zero-order valence-corrected chi connectivity index (χ0v) is 7.28. The van der Waals surface area contributed by atoms with Gasteiger partial charge >= 0.3 is 0 Å². The second-order valence-electron chi connectivity index (χ2n) is 4.42. The van der Waals surface area contributed by atoms with Crippen molar-refractivity contribution in [1.82, 2.24) is 0 Å².